The molecule has 0 atom stereocenters. The first kappa shape index (κ1) is 9.22. The molecule has 0 fully saturated rings. The van der Waals surface area contributed by atoms with E-state index in [1.807, 2.05) is 30.4 Å². The van der Waals surface area contributed by atoms with Crippen LogP contribution >= 0.6 is 0 Å². The average molecular weight is 135 g/mol. The molecule has 0 amide bonds. The van der Waals surface area contributed by atoms with E-state index < -0.39 is 0 Å². The Balaban J connectivity index is 3.37. The minimum absolute atomic E-state index is 0.863. The van der Waals surface area contributed by atoms with Crippen molar-refractivity contribution in [1.82, 2.24) is 0 Å². The Morgan fingerprint density at radius 1 is 1.00 bits per heavy atom. The summed E-state index contributed by atoms with van der Waals surface area (Å²) >= 11 is 0. The third-order valence-corrected chi connectivity index (χ3v) is 1.01. The van der Waals surface area contributed by atoms with Crippen molar-refractivity contribution in [3.8, 4) is 0 Å². The second kappa shape index (κ2) is 8.22. The van der Waals surface area contributed by atoms with E-state index in [9.17, 15) is 0 Å². The van der Waals surface area contributed by atoms with E-state index in [4.69, 9.17) is 0 Å². The molecule has 0 nitrogen and oxygen atoms in total. The maximum atomic E-state index is 3.68. The third kappa shape index (κ3) is 7.22. The molecule has 0 aliphatic rings. The molecule has 0 heteroatoms. The van der Waals surface area contributed by atoms with Gasteiger partial charge in [0.05, 0.1) is 0 Å². The first-order valence-electron chi connectivity index (χ1n) is 3.69. The molecular weight excluding hydrogens is 120 g/mol. The Kier molecular flexibility index (Phi) is 7.58. The van der Waals surface area contributed by atoms with Gasteiger partial charge in [0.25, 0.3) is 0 Å². The van der Waals surface area contributed by atoms with E-state index in [2.05, 4.69) is 19.9 Å². The fourth-order valence-corrected chi connectivity index (χ4v) is 0.518. The number of allylic oxidation sites excluding steroid dienone is 6. The van der Waals surface area contributed by atoms with Gasteiger partial charge in [0.15, 0.2) is 0 Å². The van der Waals surface area contributed by atoms with Crippen molar-refractivity contribution < 1.29 is 0 Å². The summed E-state index contributed by atoms with van der Waals surface area (Å²) in [4.78, 5) is 0. The summed E-state index contributed by atoms with van der Waals surface area (Å²) in [7, 11) is 0. The van der Waals surface area contributed by atoms with Gasteiger partial charge in [-0.3, -0.25) is 0 Å². The summed E-state index contributed by atoms with van der Waals surface area (Å²) in [5, 5.41) is 0. The lowest BCUT2D eigenvalue weighted by atomic mass is 10.3. The van der Waals surface area contributed by atoms with Crippen LogP contribution in [0.25, 0.3) is 0 Å². The molecule has 0 aliphatic carbocycles. The Hall–Kier alpha value is -0.780. The summed E-state index contributed by atoms with van der Waals surface area (Å²) in [6.45, 7) is 5.80. The van der Waals surface area contributed by atoms with Crippen LogP contribution in [0.4, 0.5) is 0 Å². The molecule has 0 saturated carbocycles. The summed E-state index contributed by atoms with van der Waals surface area (Å²) in [5.41, 5.74) is 0. The maximum absolute atomic E-state index is 3.68. The predicted molar refractivity (Wildman–Crippen MR) is 47.7 cm³/mol. The van der Waals surface area contributed by atoms with Gasteiger partial charge in [0, 0.05) is 0 Å². The van der Waals surface area contributed by atoms with Crippen LogP contribution in [0.3, 0.4) is 0 Å². The van der Waals surface area contributed by atoms with E-state index in [1.54, 1.807) is 0 Å². The highest BCUT2D eigenvalue weighted by atomic mass is 13.7. The largest absolute Gasteiger partial charge is 0.0848 e. The zero-order chi connectivity index (χ0) is 7.66. The fraction of sp³-hybridized carbons (Fsp3) is 0.300. The topological polar surface area (TPSA) is 0 Å². The van der Waals surface area contributed by atoms with E-state index in [0.717, 1.165) is 12.8 Å². The molecule has 0 bridgehead atoms. The highest BCUT2D eigenvalue weighted by Crippen LogP contribution is 1.84. The average Bonchev–Trinajstić information content (AvgIpc) is 1.97. The molecular formula is C10H15. The summed E-state index contributed by atoms with van der Waals surface area (Å²) in [5.74, 6) is 0. The Morgan fingerprint density at radius 3 is 2.10 bits per heavy atom. The molecule has 0 aromatic heterocycles. The standard InChI is InChI=1S/C10H15/c1-3-5-7-9-10-8-6-4-2/h5-10H,1,3-4H2,2H3/b7-5+,8-6+,10-9+. The van der Waals surface area contributed by atoms with E-state index in [1.165, 1.54) is 0 Å². The molecule has 55 valence electrons. The molecule has 0 aromatic carbocycles. The highest BCUT2D eigenvalue weighted by molar-refractivity contribution is 5.10. The first-order valence-corrected chi connectivity index (χ1v) is 3.69. The van der Waals surface area contributed by atoms with Gasteiger partial charge >= 0.3 is 0 Å². The zero-order valence-electron chi connectivity index (χ0n) is 6.59. The van der Waals surface area contributed by atoms with Crippen LogP contribution in [0.2, 0.25) is 0 Å². The Morgan fingerprint density at radius 2 is 1.60 bits per heavy atom. The van der Waals surface area contributed by atoms with Gasteiger partial charge in [-0.15, -0.1) is 0 Å². The fourth-order valence-electron chi connectivity index (χ4n) is 0.518. The minimum atomic E-state index is 0.863. The van der Waals surface area contributed by atoms with Crippen molar-refractivity contribution >= 4 is 0 Å². The first-order chi connectivity index (χ1) is 4.91. The summed E-state index contributed by atoms with van der Waals surface area (Å²) in [6, 6.07) is 0. The van der Waals surface area contributed by atoms with Gasteiger partial charge in [-0.05, 0) is 19.8 Å². The Bertz CT molecular complexity index is 111. The second-order valence-electron chi connectivity index (χ2n) is 1.94. The normalized spacial score (nSPS) is 12.6. The van der Waals surface area contributed by atoms with E-state index in [0.29, 0.717) is 0 Å². The third-order valence-electron chi connectivity index (χ3n) is 1.01. The molecule has 0 N–H and O–H groups in total. The van der Waals surface area contributed by atoms with Crippen LogP contribution in [0, 0.1) is 6.92 Å². The monoisotopic (exact) mass is 135 g/mol. The van der Waals surface area contributed by atoms with Crippen LogP contribution in [0.5, 0.6) is 0 Å². The van der Waals surface area contributed by atoms with Crippen LogP contribution in [-0.4, -0.2) is 0 Å². The number of rotatable bonds is 4. The van der Waals surface area contributed by atoms with Crippen molar-refractivity contribution in [3.63, 3.8) is 0 Å². The van der Waals surface area contributed by atoms with Gasteiger partial charge in [0.2, 0.25) is 0 Å². The molecule has 0 spiro atoms. The van der Waals surface area contributed by atoms with Crippen LogP contribution in [0.1, 0.15) is 19.8 Å². The van der Waals surface area contributed by atoms with Gasteiger partial charge < -0.3 is 0 Å². The number of hydrogen-bond acceptors (Lipinski definition) is 0. The van der Waals surface area contributed by atoms with Gasteiger partial charge in [-0.1, -0.05) is 43.4 Å². The Labute approximate surface area is 64.0 Å². The van der Waals surface area contributed by atoms with Crippen molar-refractivity contribution in [1.29, 1.82) is 0 Å². The molecule has 0 saturated heterocycles. The molecule has 0 aliphatic heterocycles. The summed E-state index contributed by atoms with van der Waals surface area (Å²) < 4.78 is 0. The van der Waals surface area contributed by atoms with Crippen molar-refractivity contribution in [2.75, 3.05) is 0 Å². The zero-order valence-corrected chi connectivity index (χ0v) is 6.59. The van der Waals surface area contributed by atoms with Crippen LogP contribution < -0.4 is 0 Å². The molecule has 0 unspecified atom stereocenters. The van der Waals surface area contributed by atoms with Crippen LogP contribution in [0.15, 0.2) is 36.5 Å². The molecule has 0 rings (SSSR count). The smallest absolute Gasteiger partial charge is 0.0347 e. The molecule has 1 radical (unpaired) electrons. The SMILES string of the molecule is [CH2]C/C=C/C=C/C=C/CC. The van der Waals surface area contributed by atoms with Crippen molar-refractivity contribution in [2.45, 2.75) is 19.8 Å². The van der Waals surface area contributed by atoms with E-state index in [-0.39, 0.29) is 0 Å². The quantitative estimate of drug-likeness (QED) is 0.519. The van der Waals surface area contributed by atoms with Crippen LogP contribution in [-0.2, 0) is 0 Å². The maximum Gasteiger partial charge on any atom is -0.0347 e. The lowest BCUT2D eigenvalue weighted by Crippen LogP contribution is -1.53. The summed E-state index contributed by atoms with van der Waals surface area (Å²) in [6.07, 6.45) is 14.2. The molecule has 0 heterocycles. The molecule has 0 aromatic rings. The lowest BCUT2D eigenvalue weighted by Gasteiger charge is -1.74. The highest BCUT2D eigenvalue weighted by Gasteiger charge is 1.63. The van der Waals surface area contributed by atoms with Gasteiger partial charge in [-0.25, -0.2) is 0 Å². The van der Waals surface area contributed by atoms with E-state index >= 15 is 0 Å². The van der Waals surface area contributed by atoms with Crippen molar-refractivity contribution in [2.24, 2.45) is 0 Å². The van der Waals surface area contributed by atoms with Crippen molar-refractivity contribution in [3.05, 3.63) is 43.4 Å². The minimum Gasteiger partial charge on any atom is -0.0848 e. The predicted octanol–water partition coefficient (Wildman–Crippen LogP) is 3.29. The van der Waals surface area contributed by atoms with Gasteiger partial charge in [-0.2, -0.15) is 0 Å². The molecule has 10 heavy (non-hydrogen) atoms. The lowest BCUT2D eigenvalue weighted by molar-refractivity contribution is 1.22. The van der Waals surface area contributed by atoms with Gasteiger partial charge in [0.1, 0.15) is 0 Å². The second-order valence-corrected chi connectivity index (χ2v) is 1.94. The number of hydrogen-bond donors (Lipinski definition) is 0.